The molecule has 21 heavy (non-hydrogen) atoms. The number of rotatable bonds is 4. The summed E-state index contributed by atoms with van der Waals surface area (Å²) >= 11 is 3.17. The van der Waals surface area contributed by atoms with Gasteiger partial charge in [0.15, 0.2) is 0 Å². The van der Waals surface area contributed by atoms with Crippen LogP contribution >= 0.6 is 22.7 Å². The molecule has 4 nitrogen and oxygen atoms in total. The zero-order valence-corrected chi connectivity index (χ0v) is 13.1. The van der Waals surface area contributed by atoms with E-state index < -0.39 is 0 Å². The van der Waals surface area contributed by atoms with Crippen molar-refractivity contribution < 1.29 is 9.59 Å². The lowest BCUT2D eigenvalue weighted by Crippen LogP contribution is -2.37. The molecule has 0 saturated heterocycles. The van der Waals surface area contributed by atoms with Crippen LogP contribution in [0, 0.1) is 0 Å². The molecule has 0 unspecified atom stereocenters. The van der Waals surface area contributed by atoms with E-state index >= 15 is 0 Å². The molecule has 1 N–H and O–H groups in total. The van der Waals surface area contributed by atoms with Gasteiger partial charge in [-0.05, 0) is 34.9 Å². The van der Waals surface area contributed by atoms with Gasteiger partial charge in [-0.15, -0.1) is 22.7 Å². The van der Waals surface area contributed by atoms with Gasteiger partial charge in [-0.2, -0.15) is 0 Å². The third-order valence-electron chi connectivity index (χ3n) is 3.53. The van der Waals surface area contributed by atoms with Crippen LogP contribution < -0.4 is 5.32 Å². The van der Waals surface area contributed by atoms with Gasteiger partial charge in [0.1, 0.15) is 0 Å². The van der Waals surface area contributed by atoms with E-state index in [2.05, 4.69) is 16.8 Å². The Labute approximate surface area is 131 Å². The molecule has 2 amide bonds. The largest absolute Gasteiger partial charge is 0.351 e. The number of hydrogen-bond donors (Lipinski definition) is 1. The summed E-state index contributed by atoms with van der Waals surface area (Å²) in [6.07, 6.45) is 1.30. The molecule has 1 aliphatic heterocycles. The second-order valence-corrected chi connectivity index (χ2v) is 6.87. The summed E-state index contributed by atoms with van der Waals surface area (Å²) in [6, 6.07) is 5.72. The summed E-state index contributed by atoms with van der Waals surface area (Å²) in [5.74, 6) is 0.00916. The summed E-state index contributed by atoms with van der Waals surface area (Å²) in [4.78, 5) is 27.9. The highest BCUT2D eigenvalue weighted by molar-refractivity contribution is 7.12. The van der Waals surface area contributed by atoms with Crippen molar-refractivity contribution in [1.29, 1.82) is 0 Å². The normalized spacial score (nSPS) is 13.8. The minimum Gasteiger partial charge on any atom is -0.351 e. The van der Waals surface area contributed by atoms with E-state index in [1.165, 1.54) is 21.8 Å². The van der Waals surface area contributed by atoms with Crippen LogP contribution in [0.15, 0.2) is 29.0 Å². The summed E-state index contributed by atoms with van der Waals surface area (Å²) in [6.45, 7) is 1.88. The Balaban J connectivity index is 1.46. The van der Waals surface area contributed by atoms with Crippen molar-refractivity contribution in [2.45, 2.75) is 19.4 Å². The maximum atomic E-state index is 12.2. The van der Waals surface area contributed by atoms with E-state index in [1.54, 1.807) is 17.4 Å². The van der Waals surface area contributed by atoms with Crippen LogP contribution in [0.5, 0.6) is 0 Å². The molecule has 0 atom stereocenters. The second-order valence-electron chi connectivity index (χ2n) is 4.92. The fraction of sp³-hybridized carbons (Fsp3) is 0.333. The zero-order chi connectivity index (χ0) is 14.7. The Morgan fingerprint density at radius 3 is 2.95 bits per heavy atom. The number of nitrogens with one attached hydrogen (secondary N) is 1. The summed E-state index contributed by atoms with van der Waals surface area (Å²) in [7, 11) is 0. The van der Waals surface area contributed by atoms with Gasteiger partial charge < -0.3 is 10.2 Å². The highest BCUT2D eigenvalue weighted by Crippen LogP contribution is 2.24. The van der Waals surface area contributed by atoms with E-state index in [9.17, 15) is 9.59 Å². The number of amides is 2. The number of fused-ring (bicyclic) bond motifs is 1. The minimum atomic E-state index is -0.100. The molecule has 2 aromatic rings. The second kappa shape index (κ2) is 6.41. The number of carbonyl (C=O) groups is 2. The average molecular weight is 320 g/mol. The SMILES string of the molecule is O=C(NCCC(=O)N1CCc2sccc2C1)c1cccs1. The zero-order valence-electron chi connectivity index (χ0n) is 11.5. The van der Waals surface area contributed by atoms with E-state index in [1.807, 2.05) is 16.3 Å². The van der Waals surface area contributed by atoms with Gasteiger partial charge in [-0.25, -0.2) is 0 Å². The first-order valence-electron chi connectivity index (χ1n) is 6.89. The van der Waals surface area contributed by atoms with Crippen molar-refractivity contribution >= 4 is 34.5 Å². The summed E-state index contributed by atoms with van der Waals surface area (Å²) in [5.41, 5.74) is 1.27. The molecule has 0 aromatic carbocycles. The fourth-order valence-electron chi connectivity index (χ4n) is 2.40. The maximum absolute atomic E-state index is 12.2. The van der Waals surface area contributed by atoms with E-state index in [0.717, 1.165) is 13.0 Å². The van der Waals surface area contributed by atoms with Crippen molar-refractivity contribution in [3.05, 3.63) is 44.3 Å². The third-order valence-corrected chi connectivity index (χ3v) is 5.42. The van der Waals surface area contributed by atoms with Gasteiger partial charge in [0.05, 0.1) is 4.88 Å². The average Bonchev–Trinajstić information content (AvgIpc) is 3.17. The first kappa shape index (κ1) is 14.3. The Kier molecular flexibility index (Phi) is 4.36. The van der Waals surface area contributed by atoms with Gasteiger partial charge in [-0.3, -0.25) is 9.59 Å². The molecule has 0 spiro atoms. The Hall–Kier alpha value is -1.66. The van der Waals surface area contributed by atoms with Gasteiger partial charge in [0.2, 0.25) is 5.91 Å². The minimum absolute atomic E-state index is 0.100. The number of hydrogen-bond acceptors (Lipinski definition) is 4. The first-order chi connectivity index (χ1) is 10.2. The smallest absolute Gasteiger partial charge is 0.261 e. The Morgan fingerprint density at radius 2 is 2.14 bits per heavy atom. The topological polar surface area (TPSA) is 49.4 Å². The van der Waals surface area contributed by atoms with Crippen molar-refractivity contribution in [3.63, 3.8) is 0 Å². The van der Waals surface area contributed by atoms with Gasteiger partial charge in [0.25, 0.3) is 5.91 Å². The molecule has 0 bridgehead atoms. The lowest BCUT2D eigenvalue weighted by molar-refractivity contribution is -0.131. The molecule has 0 fully saturated rings. The van der Waals surface area contributed by atoms with Crippen molar-refractivity contribution in [2.24, 2.45) is 0 Å². The highest BCUT2D eigenvalue weighted by Gasteiger charge is 2.21. The van der Waals surface area contributed by atoms with Gasteiger partial charge >= 0.3 is 0 Å². The molecule has 3 heterocycles. The Morgan fingerprint density at radius 1 is 1.24 bits per heavy atom. The molecule has 0 aliphatic carbocycles. The van der Waals surface area contributed by atoms with Crippen LogP contribution in [0.25, 0.3) is 0 Å². The standard InChI is InChI=1S/C15H16N2O2S2/c18-14(3-6-16-15(19)13-2-1-8-20-13)17-7-4-12-11(10-17)5-9-21-12/h1-2,5,8-9H,3-4,6-7,10H2,(H,16,19). The quantitative estimate of drug-likeness (QED) is 0.941. The molecular formula is C15H16N2O2S2. The number of carbonyl (C=O) groups excluding carboxylic acids is 2. The molecular weight excluding hydrogens is 304 g/mol. The van der Waals surface area contributed by atoms with Crippen LogP contribution in [-0.4, -0.2) is 29.8 Å². The molecule has 3 rings (SSSR count). The predicted octanol–water partition coefficient (Wildman–Crippen LogP) is 2.51. The molecule has 2 aromatic heterocycles. The summed E-state index contributed by atoms with van der Waals surface area (Å²) < 4.78 is 0. The lowest BCUT2D eigenvalue weighted by atomic mass is 10.1. The monoisotopic (exact) mass is 320 g/mol. The van der Waals surface area contributed by atoms with Crippen LogP contribution in [0.2, 0.25) is 0 Å². The number of nitrogens with zero attached hydrogens (tertiary/aromatic N) is 1. The van der Waals surface area contributed by atoms with E-state index in [4.69, 9.17) is 0 Å². The van der Waals surface area contributed by atoms with Crippen LogP contribution in [-0.2, 0) is 17.8 Å². The van der Waals surface area contributed by atoms with E-state index in [-0.39, 0.29) is 11.8 Å². The molecule has 110 valence electrons. The van der Waals surface area contributed by atoms with E-state index in [0.29, 0.717) is 24.4 Å². The van der Waals surface area contributed by atoms with Crippen LogP contribution in [0.1, 0.15) is 26.5 Å². The molecule has 0 radical (unpaired) electrons. The van der Waals surface area contributed by atoms with Crippen molar-refractivity contribution in [2.75, 3.05) is 13.1 Å². The van der Waals surface area contributed by atoms with Crippen molar-refractivity contribution in [1.82, 2.24) is 10.2 Å². The molecule has 1 aliphatic rings. The molecule has 6 heteroatoms. The Bertz CT molecular complexity index is 634. The first-order valence-corrected chi connectivity index (χ1v) is 8.64. The van der Waals surface area contributed by atoms with Crippen molar-refractivity contribution in [3.8, 4) is 0 Å². The fourth-order valence-corrected chi connectivity index (χ4v) is 3.93. The number of thiophene rings is 2. The highest BCUT2D eigenvalue weighted by atomic mass is 32.1. The van der Waals surface area contributed by atoms with Gasteiger partial charge in [0, 0.05) is 30.9 Å². The summed E-state index contributed by atoms with van der Waals surface area (Å²) in [5, 5.41) is 6.75. The van der Waals surface area contributed by atoms with Crippen LogP contribution in [0.3, 0.4) is 0 Å². The lowest BCUT2D eigenvalue weighted by Gasteiger charge is -2.27. The van der Waals surface area contributed by atoms with Gasteiger partial charge in [-0.1, -0.05) is 6.07 Å². The van der Waals surface area contributed by atoms with Crippen LogP contribution in [0.4, 0.5) is 0 Å². The third kappa shape index (κ3) is 3.33. The maximum Gasteiger partial charge on any atom is 0.261 e. The molecule has 0 saturated carbocycles. The predicted molar refractivity (Wildman–Crippen MR) is 84.7 cm³/mol.